The number of ether oxygens (including phenoxy) is 2. The van der Waals surface area contributed by atoms with E-state index in [2.05, 4.69) is 5.32 Å². The first-order valence-corrected chi connectivity index (χ1v) is 9.61. The number of likely N-dealkylation sites (tertiary alicyclic amines) is 1. The summed E-state index contributed by atoms with van der Waals surface area (Å²) in [5, 5.41) is 2.84. The Labute approximate surface area is 169 Å². The highest BCUT2D eigenvalue weighted by molar-refractivity contribution is 5.94. The molecule has 0 unspecified atom stereocenters. The van der Waals surface area contributed by atoms with Crippen LogP contribution < -0.4 is 10.1 Å². The Kier molecular flexibility index (Phi) is 6.82. The fraction of sp³-hybridized carbons (Fsp3) is 0.364. The minimum atomic E-state index is -0.574. The van der Waals surface area contributed by atoms with E-state index in [1.54, 1.807) is 6.07 Å². The Balaban J connectivity index is 1.74. The molecule has 7 heteroatoms. The van der Waals surface area contributed by atoms with Crippen LogP contribution >= 0.6 is 0 Å². The van der Waals surface area contributed by atoms with Gasteiger partial charge >= 0.3 is 5.97 Å². The average molecular weight is 400 g/mol. The number of nitrogens with one attached hydrogen (secondary N) is 1. The Morgan fingerprint density at radius 1 is 1.17 bits per heavy atom. The first-order valence-electron chi connectivity index (χ1n) is 9.61. The molecule has 1 amide bonds. The van der Waals surface area contributed by atoms with Gasteiger partial charge in [-0.15, -0.1) is 0 Å². The van der Waals surface area contributed by atoms with Crippen molar-refractivity contribution >= 4 is 11.9 Å². The third-order valence-electron chi connectivity index (χ3n) is 4.98. The van der Waals surface area contributed by atoms with Crippen molar-refractivity contribution in [2.75, 3.05) is 20.3 Å². The molecule has 3 rings (SSSR count). The number of carbonyl (C=O) groups is 2. The lowest BCUT2D eigenvalue weighted by Crippen LogP contribution is -2.38. The minimum Gasteiger partial charge on any atom is -0.494 e. The lowest BCUT2D eigenvalue weighted by molar-refractivity contribution is -0.146. The first kappa shape index (κ1) is 20.8. The molecule has 6 nitrogen and oxygen atoms in total. The van der Waals surface area contributed by atoms with Crippen molar-refractivity contribution in [3.05, 3.63) is 65.5 Å². The summed E-state index contributed by atoms with van der Waals surface area (Å²) in [6.07, 6.45) is 0.393. The highest BCUT2D eigenvalue weighted by Gasteiger charge is 2.38. The average Bonchev–Trinajstić information content (AvgIpc) is 3.11. The van der Waals surface area contributed by atoms with E-state index in [4.69, 9.17) is 9.47 Å². The summed E-state index contributed by atoms with van der Waals surface area (Å²) in [5.41, 5.74) is 0.937. The molecule has 0 saturated carbocycles. The number of nitrogens with zero attached hydrogens (tertiary/aromatic N) is 1. The predicted octanol–water partition coefficient (Wildman–Crippen LogP) is 2.77. The molecule has 1 aliphatic heterocycles. The van der Waals surface area contributed by atoms with Gasteiger partial charge in [-0.05, 0) is 31.5 Å². The van der Waals surface area contributed by atoms with E-state index in [9.17, 15) is 14.0 Å². The van der Waals surface area contributed by atoms with Gasteiger partial charge in [0, 0.05) is 24.7 Å². The van der Waals surface area contributed by atoms with Gasteiger partial charge in [0.1, 0.15) is 17.6 Å². The zero-order chi connectivity index (χ0) is 20.8. The van der Waals surface area contributed by atoms with Crippen LogP contribution in [0.25, 0.3) is 0 Å². The molecular formula is C22H25FN2O4. The highest BCUT2D eigenvalue weighted by atomic mass is 19.1. The van der Waals surface area contributed by atoms with Gasteiger partial charge in [0.2, 0.25) is 0 Å². The Bertz CT molecular complexity index is 873. The number of methoxy groups -OCH3 is 1. The lowest BCUT2D eigenvalue weighted by atomic mass is 10.1. The van der Waals surface area contributed by atoms with E-state index < -0.39 is 17.8 Å². The second-order valence-corrected chi connectivity index (χ2v) is 6.90. The molecule has 0 aliphatic carbocycles. The van der Waals surface area contributed by atoms with Crippen LogP contribution in [0.15, 0.2) is 48.5 Å². The van der Waals surface area contributed by atoms with Gasteiger partial charge in [0.05, 0.1) is 19.3 Å². The molecular weight excluding hydrogens is 375 g/mol. The molecule has 1 saturated heterocycles. The maximum absolute atomic E-state index is 13.9. The van der Waals surface area contributed by atoms with Crippen molar-refractivity contribution in [3.63, 3.8) is 0 Å². The molecule has 29 heavy (non-hydrogen) atoms. The molecule has 1 heterocycles. The van der Waals surface area contributed by atoms with E-state index in [1.807, 2.05) is 36.1 Å². The standard InChI is InChI=1S/C22H25FN2O4/c1-3-29-20-11-7-4-8-15(20)13-25-14-16(12-19(25)22(27)28-2)24-21(26)17-9-5-6-10-18(17)23/h4-11,16,19H,3,12-14H2,1-2H3,(H,24,26)/t16-,19-/m0/s1. The third-order valence-corrected chi connectivity index (χ3v) is 4.98. The van der Waals surface area contributed by atoms with Crippen LogP contribution in [-0.2, 0) is 16.1 Å². The molecule has 0 bridgehead atoms. The molecule has 1 N–H and O–H groups in total. The summed E-state index contributed by atoms with van der Waals surface area (Å²) in [5.74, 6) is -0.665. The zero-order valence-electron chi connectivity index (χ0n) is 16.6. The van der Waals surface area contributed by atoms with Crippen LogP contribution in [0.2, 0.25) is 0 Å². The molecule has 0 spiro atoms. The van der Waals surface area contributed by atoms with Gasteiger partial charge in [-0.2, -0.15) is 0 Å². The van der Waals surface area contributed by atoms with Gasteiger partial charge in [0.25, 0.3) is 5.91 Å². The van der Waals surface area contributed by atoms with Gasteiger partial charge in [0.15, 0.2) is 0 Å². The van der Waals surface area contributed by atoms with Crippen LogP contribution in [0.1, 0.15) is 29.3 Å². The molecule has 1 fully saturated rings. The molecule has 0 radical (unpaired) electrons. The quantitative estimate of drug-likeness (QED) is 0.724. The summed E-state index contributed by atoms with van der Waals surface area (Å²) < 4.78 is 24.5. The van der Waals surface area contributed by atoms with Gasteiger partial charge in [-0.25, -0.2) is 4.39 Å². The van der Waals surface area contributed by atoms with Crippen LogP contribution in [-0.4, -0.2) is 49.1 Å². The van der Waals surface area contributed by atoms with Crippen LogP contribution in [0.5, 0.6) is 5.75 Å². The number of halogens is 1. The number of rotatable bonds is 7. The number of para-hydroxylation sites is 1. The first-order chi connectivity index (χ1) is 14.0. The molecule has 2 aromatic rings. The van der Waals surface area contributed by atoms with E-state index >= 15 is 0 Å². The number of amides is 1. The second-order valence-electron chi connectivity index (χ2n) is 6.90. The van der Waals surface area contributed by atoms with Crippen molar-refractivity contribution in [1.82, 2.24) is 10.2 Å². The van der Waals surface area contributed by atoms with E-state index in [0.717, 1.165) is 11.3 Å². The minimum absolute atomic E-state index is 0.0118. The van der Waals surface area contributed by atoms with Crippen molar-refractivity contribution in [1.29, 1.82) is 0 Å². The smallest absolute Gasteiger partial charge is 0.323 e. The van der Waals surface area contributed by atoms with Crippen LogP contribution in [0.3, 0.4) is 0 Å². The van der Waals surface area contributed by atoms with Crippen LogP contribution in [0.4, 0.5) is 4.39 Å². The number of carbonyl (C=O) groups excluding carboxylic acids is 2. The van der Waals surface area contributed by atoms with E-state index in [-0.39, 0.29) is 17.6 Å². The monoisotopic (exact) mass is 400 g/mol. The molecule has 0 aromatic heterocycles. The Hall–Kier alpha value is -2.93. The zero-order valence-corrected chi connectivity index (χ0v) is 16.6. The van der Waals surface area contributed by atoms with E-state index in [0.29, 0.717) is 26.1 Å². The van der Waals surface area contributed by atoms with Crippen molar-refractivity contribution in [2.24, 2.45) is 0 Å². The molecule has 1 aliphatic rings. The van der Waals surface area contributed by atoms with E-state index in [1.165, 1.54) is 25.3 Å². The number of benzene rings is 2. The summed E-state index contributed by atoms with van der Waals surface area (Å²) in [7, 11) is 1.35. The molecule has 2 aromatic carbocycles. The molecule has 2 atom stereocenters. The lowest BCUT2D eigenvalue weighted by Gasteiger charge is -2.23. The van der Waals surface area contributed by atoms with Crippen molar-refractivity contribution in [2.45, 2.75) is 32.0 Å². The summed E-state index contributed by atoms with van der Waals surface area (Å²) >= 11 is 0. The largest absolute Gasteiger partial charge is 0.494 e. The Morgan fingerprint density at radius 2 is 1.90 bits per heavy atom. The Morgan fingerprint density at radius 3 is 2.62 bits per heavy atom. The summed E-state index contributed by atoms with van der Waals surface area (Å²) in [6, 6.07) is 12.7. The topological polar surface area (TPSA) is 67.9 Å². The SMILES string of the molecule is CCOc1ccccc1CN1C[C@@H](NC(=O)c2ccccc2F)C[C@H]1C(=O)OC. The van der Waals surface area contributed by atoms with Crippen molar-refractivity contribution < 1.29 is 23.5 Å². The third kappa shape index (κ3) is 4.92. The maximum Gasteiger partial charge on any atom is 0.323 e. The molecule has 154 valence electrons. The number of hydrogen-bond acceptors (Lipinski definition) is 5. The van der Waals surface area contributed by atoms with Crippen molar-refractivity contribution in [3.8, 4) is 5.75 Å². The highest BCUT2D eigenvalue weighted by Crippen LogP contribution is 2.26. The summed E-state index contributed by atoms with van der Waals surface area (Å²) in [6.45, 7) is 3.37. The predicted molar refractivity (Wildman–Crippen MR) is 106 cm³/mol. The fourth-order valence-corrected chi connectivity index (χ4v) is 3.62. The normalized spacial score (nSPS) is 19.0. The van der Waals surface area contributed by atoms with Gasteiger partial charge < -0.3 is 14.8 Å². The maximum atomic E-state index is 13.9. The van der Waals surface area contributed by atoms with Crippen LogP contribution in [0, 0.1) is 5.82 Å². The van der Waals surface area contributed by atoms with Gasteiger partial charge in [-0.1, -0.05) is 30.3 Å². The number of hydrogen-bond donors (Lipinski definition) is 1. The van der Waals surface area contributed by atoms with Gasteiger partial charge in [-0.3, -0.25) is 14.5 Å². The number of esters is 1. The second kappa shape index (κ2) is 9.52. The fourth-order valence-electron chi connectivity index (χ4n) is 3.62. The summed E-state index contributed by atoms with van der Waals surface area (Å²) in [4.78, 5) is 26.7.